The van der Waals surface area contributed by atoms with Gasteiger partial charge in [-0.25, -0.2) is 19.5 Å². The van der Waals surface area contributed by atoms with Crippen LogP contribution in [-0.4, -0.2) is 28.5 Å². The smallest absolute Gasteiger partial charge is 0.301 e. The molecular weight excluding hydrogens is 653 g/mol. The van der Waals surface area contributed by atoms with Crippen LogP contribution in [0.4, 0.5) is 0 Å². The molecule has 0 saturated carbocycles. The highest BCUT2D eigenvalue weighted by Gasteiger charge is 2.21. The minimum atomic E-state index is -0.286. The third-order valence-corrected chi connectivity index (χ3v) is 10.3. The first-order valence-corrected chi connectivity index (χ1v) is 17.6. The van der Waals surface area contributed by atoms with Crippen LogP contribution in [-0.2, 0) is 0 Å². The molecule has 0 spiro atoms. The van der Waals surface area contributed by atoms with Crippen LogP contribution in [0.25, 0.3) is 94.4 Å². The van der Waals surface area contributed by atoms with E-state index in [1.807, 2.05) is 95.4 Å². The zero-order valence-electron chi connectivity index (χ0n) is 28.3. The van der Waals surface area contributed by atoms with Crippen LogP contribution in [0.2, 0.25) is 0 Å². The maximum atomic E-state index is 14.6. The molecule has 11 aromatic rings. The van der Waals surface area contributed by atoms with E-state index in [0.29, 0.717) is 17.1 Å². The quantitative estimate of drug-likeness (QED) is 0.186. The topological polar surface area (TPSA) is 70.0 Å². The molecule has 0 amide bonds. The van der Waals surface area contributed by atoms with Crippen molar-refractivity contribution < 1.29 is 0 Å². The summed E-state index contributed by atoms with van der Waals surface area (Å²) >= 11 is 0. The molecule has 7 heteroatoms. The molecule has 0 saturated heterocycles. The van der Waals surface area contributed by atoms with Gasteiger partial charge < -0.3 is 4.57 Å². The van der Waals surface area contributed by atoms with Crippen molar-refractivity contribution in [3.8, 4) is 34.0 Å². The molecule has 0 aliphatic heterocycles. The SMILES string of the molecule is O=c1c2nc3ccccc3n2c2cc(-c3ccc4c(c3)c3ccccc3n4-c3ccccc3)ccc2n1-c1nc(-c2ccccc2)c2ccccc2n1. The molecule has 0 aliphatic rings. The van der Waals surface area contributed by atoms with Crippen molar-refractivity contribution in [3.63, 3.8) is 0 Å². The molecule has 0 fully saturated rings. The summed E-state index contributed by atoms with van der Waals surface area (Å²) in [6.07, 6.45) is 0. The predicted molar refractivity (Wildman–Crippen MR) is 214 cm³/mol. The first kappa shape index (κ1) is 29.4. The number of rotatable bonds is 4. The maximum absolute atomic E-state index is 14.6. The Morgan fingerprint density at radius 3 is 1.83 bits per heavy atom. The molecule has 4 aromatic heterocycles. The lowest BCUT2D eigenvalue weighted by molar-refractivity contribution is 0.928. The molecule has 0 bridgehead atoms. The Balaban J connectivity index is 1.19. The van der Waals surface area contributed by atoms with Gasteiger partial charge >= 0.3 is 5.56 Å². The van der Waals surface area contributed by atoms with E-state index in [4.69, 9.17) is 15.0 Å². The van der Waals surface area contributed by atoms with Crippen molar-refractivity contribution in [2.45, 2.75) is 0 Å². The van der Waals surface area contributed by atoms with Crippen molar-refractivity contribution in [3.05, 3.63) is 180 Å². The van der Waals surface area contributed by atoms with E-state index in [-0.39, 0.29) is 5.56 Å². The van der Waals surface area contributed by atoms with Crippen LogP contribution < -0.4 is 5.56 Å². The molecule has 4 heterocycles. The molecule has 7 aromatic carbocycles. The average molecular weight is 681 g/mol. The Hall–Kier alpha value is -7.38. The summed E-state index contributed by atoms with van der Waals surface area (Å²) in [5, 5.41) is 3.27. The molecule has 11 rings (SSSR count). The summed E-state index contributed by atoms with van der Waals surface area (Å²) in [5.74, 6) is 0.301. The number of imidazole rings is 1. The van der Waals surface area contributed by atoms with Crippen molar-refractivity contribution in [2.75, 3.05) is 0 Å². The summed E-state index contributed by atoms with van der Waals surface area (Å²) in [4.78, 5) is 29.6. The minimum Gasteiger partial charge on any atom is -0.309 e. The average Bonchev–Trinajstić information content (AvgIpc) is 3.78. The number of aromatic nitrogens is 6. The van der Waals surface area contributed by atoms with Crippen LogP contribution in [0.5, 0.6) is 0 Å². The van der Waals surface area contributed by atoms with Crippen molar-refractivity contribution in [1.82, 2.24) is 28.5 Å². The molecule has 0 atom stereocenters. The molecule has 0 unspecified atom stereocenters. The van der Waals surface area contributed by atoms with Gasteiger partial charge in [-0.15, -0.1) is 0 Å². The van der Waals surface area contributed by atoms with Crippen molar-refractivity contribution >= 4 is 60.4 Å². The minimum absolute atomic E-state index is 0.286. The Morgan fingerprint density at radius 1 is 0.396 bits per heavy atom. The number of fused-ring (bicyclic) bond motifs is 9. The van der Waals surface area contributed by atoms with E-state index >= 15 is 0 Å². The normalized spacial score (nSPS) is 11.8. The fraction of sp³-hybridized carbons (Fsp3) is 0. The van der Waals surface area contributed by atoms with E-state index in [9.17, 15) is 4.79 Å². The van der Waals surface area contributed by atoms with Gasteiger partial charge in [-0.2, -0.15) is 0 Å². The van der Waals surface area contributed by atoms with Gasteiger partial charge in [0.2, 0.25) is 11.6 Å². The van der Waals surface area contributed by atoms with E-state index in [0.717, 1.165) is 66.6 Å². The van der Waals surface area contributed by atoms with Gasteiger partial charge in [-0.3, -0.25) is 9.20 Å². The van der Waals surface area contributed by atoms with Gasteiger partial charge in [0.15, 0.2) is 0 Å². The van der Waals surface area contributed by atoms with Crippen LogP contribution in [0.3, 0.4) is 0 Å². The van der Waals surface area contributed by atoms with Gasteiger partial charge in [0.25, 0.3) is 0 Å². The second-order valence-corrected chi connectivity index (χ2v) is 13.3. The molecule has 248 valence electrons. The number of para-hydroxylation sites is 5. The Kier molecular flexibility index (Phi) is 6.27. The zero-order valence-corrected chi connectivity index (χ0v) is 28.3. The molecule has 0 aliphatic carbocycles. The summed E-state index contributed by atoms with van der Waals surface area (Å²) in [7, 11) is 0. The lowest BCUT2D eigenvalue weighted by atomic mass is 10.0. The van der Waals surface area contributed by atoms with Crippen LogP contribution in [0.1, 0.15) is 0 Å². The Morgan fingerprint density at radius 2 is 1.02 bits per heavy atom. The van der Waals surface area contributed by atoms with E-state index in [2.05, 4.69) is 83.4 Å². The Bertz CT molecular complexity index is 3310. The molecular formula is C46H28N6O. The molecule has 0 radical (unpaired) electrons. The number of benzene rings is 7. The third-order valence-electron chi connectivity index (χ3n) is 10.3. The summed E-state index contributed by atoms with van der Waals surface area (Å²) in [6.45, 7) is 0. The number of nitrogens with zero attached hydrogens (tertiary/aromatic N) is 6. The monoisotopic (exact) mass is 680 g/mol. The maximum Gasteiger partial charge on any atom is 0.301 e. The van der Waals surface area contributed by atoms with E-state index in [1.165, 1.54) is 10.8 Å². The second kappa shape index (κ2) is 11.3. The fourth-order valence-electron chi connectivity index (χ4n) is 7.88. The van der Waals surface area contributed by atoms with E-state index in [1.54, 1.807) is 4.57 Å². The first-order chi connectivity index (χ1) is 26.2. The van der Waals surface area contributed by atoms with Crippen molar-refractivity contribution in [2.24, 2.45) is 0 Å². The zero-order chi connectivity index (χ0) is 35.0. The highest BCUT2D eigenvalue weighted by molar-refractivity contribution is 6.10. The van der Waals surface area contributed by atoms with Gasteiger partial charge in [-0.05, 0) is 71.8 Å². The molecule has 7 nitrogen and oxygen atoms in total. The molecule has 53 heavy (non-hydrogen) atoms. The fourth-order valence-corrected chi connectivity index (χ4v) is 7.88. The highest BCUT2D eigenvalue weighted by atomic mass is 16.1. The summed E-state index contributed by atoms with van der Waals surface area (Å²) < 4.78 is 5.92. The van der Waals surface area contributed by atoms with Gasteiger partial charge in [0.1, 0.15) is 0 Å². The molecule has 0 N–H and O–H groups in total. The standard InChI is InChI=1S/C46H28N6O/c53-45-44-47-37-20-10-12-22-40(37)51(44)42-28-31(30-23-25-39-35(27-30)33-17-8-11-21-38(33)50(39)32-15-5-2-6-16-32)24-26-41(42)52(45)46-48-36-19-9-7-18-34(36)43(49-46)29-13-3-1-4-14-29/h1-28H. The summed E-state index contributed by atoms with van der Waals surface area (Å²) in [6, 6.07) is 57.8. The van der Waals surface area contributed by atoms with Crippen LogP contribution in [0, 0.1) is 0 Å². The van der Waals surface area contributed by atoms with Crippen LogP contribution in [0.15, 0.2) is 175 Å². The predicted octanol–water partition coefficient (Wildman–Crippen LogP) is 10.2. The second-order valence-electron chi connectivity index (χ2n) is 13.3. The largest absolute Gasteiger partial charge is 0.309 e. The van der Waals surface area contributed by atoms with Gasteiger partial charge in [-0.1, -0.05) is 109 Å². The number of hydrogen-bond acceptors (Lipinski definition) is 4. The third kappa shape index (κ3) is 4.41. The Labute approximate surface area is 302 Å². The van der Waals surface area contributed by atoms with Gasteiger partial charge in [0.05, 0.1) is 44.3 Å². The van der Waals surface area contributed by atoms with Gasteiger partial charge in [0, 0.05) is 27.4 Å². The first-order valence-electron chi connectivity index (χ1n) is 17.6. The summed E-state index contributed by atoms with van der Waals surface area (Å²) in [5.41, 5.74) is 11.1. The lowest BCUT2D eigenvalue weighted by Crippen LogP contribution is -2.24. The number of hydrogen-bond donors (Lipinski definition) is 0. The highest BCUT2D eigenvalue weighted by Crippen LogP contribution is 2.36. The lowest BCUT2D eigenvalue weighted by Gasteiger charge is -2.15. The van der Waals surface area contributed by atoms with Crippen molar-refractivity contribution in [1.29, 1.82) is 0 Å². The van der Waals surface area contributed by atoms with Crippen LogP contribution >= 0.6 is 0 Å². The van der Waals surface area contributed by atoms with E-state index < -0.39 is 0 Å².